The number of β-amino-alcohol motifs (C(OH)–C–C–N with tert-alkyl or cyclic N) is 4. The average molecular weight is 1810 g/mol. The molecule has 8 atom stereocenters. The van der Waals surface area contributed by atoms with Crippen LogP contribution in [0.4, 0.5) is 5.82 Å². The first-order valence-electron chi connectivity index (χ1n) is 44.1. The van der Waals surface area contributed by atoms with Gasteiger partial charge in [-0.3, -0.25) is 57.7 Å². The van der Waals surface area contributed by atoms with E-state index in [1.54, 1.807) is 71.5 Å². The molecule has 12 N–H and O–H groups in total. The van der Waals surface area contributed by atoms with E-state index < -0.39 is 107 Å². The normalized spacial score (nSPS) is 18.5. The van der Waals surface area contributed by atoms with Gasteiger partial charge in [0.25, 0.3) is 5.91 Å². The van der Waals surface area contributed by atoms with E-state index in [1.165, 1.54) is 44.7 Å². The van der Waals surface area contributed by atoms with Crippen molar-refractivity contribution in [3.05, 3.63) is 195 Å². The number of aliphatic hydroxyl groups is 4. The van der Waals surface area contributed by atoms with E-state index in [9.17, 15) is 68.4 Å². The third-order valence-corrected chi connectivity index (χ3v) is 25.9. The molecule has 6 aliphatic heterocycles. The molecule has 0 unspecified atom stereocenters. The average Bonchev–Trinajstić information content (AvgIpc) is 1.64. The largest absolute Gasteiger partial charge is 0.481 e. The summed E-state index contributed by atoms with van der Waals surface area (Å²) in [5.41, 5.74) is 14.5. The Balaban J connectivity index is 0.000000195. The fourth-order valence-corrected chi connectivity index (χ4v) is 18.2. The Morgan fingerprint density at radius 1 is 0.543 bits per heavy atom. The maximum absolute atomic E-state index is 14.0. The number of nitrogens with zero attached hydrogens (tertiary/aromatic N) is 11. The molecule has 0 radical (unpaired) electrons. The number of likely N-dealkylation sites (tertiary alicyclic amines) is 3. The van der Waals surface area contributed by atoms with Gasteiger partial charge < -0.3 is 77.4 Å². The van der Waals surface area contributed by atoms with Crippen LogP contribution in [-0.4, -0.2) is 266 Å². The molecular formula is C94H120N18O15S2. The van der Waals surface area contributed by atoms with E-state index in [0.29, 0.717) is 62.3 Å². The monoisotopic (exact) mass is 1800 g/mol. The van der Waals surface area contributed by atoms with Crippen LogP contribution in [0.25, 0.3) is 20.9 Å². The van der Waals surface area contributed by atoms with Crippen molar-refractivity contribution >= 4 is 87.5 Å². The van der Waals surface area contributed by atoms with Gasteiger partial charge in [-0.05, 0) is 107 Å². The summed E-state index contributed by atoms with van der Waals surface area (Å²) in [5.74, 6) is -3.73. The minimum atomic E-state index is -1.11. The lowest BCUT2D eigenvalue weighted by atomic mass is 9.85. The van der Waals surface area contributed by atoms with Crippen molar-refractivity contribution in [3.63, 3.8) is 0 Å². The highest BCUT2D eigenvalue weighted by Crippen LogP contribution is 2.33. The molecule has 33 nitrogen and oxygen atoms in total. The van der Waals surface area contributed by atoms with Gasteiger partial charge in [0.2, 0.25) is 41.4 Å². The summed E-state index contributed by atoms with van der Waals surface area (Å²) in [4.78, 5) is 165. The van der Waals surface area contributed by atoms with E-state index in [1.807, 2.05) is 95.3 Å². The molecule has 14 rings (SSSR count). The highest BCUT2D eigenvalue weighted by atomic mass is 32.1. The maximum atomic E-state index is 14.0. The summed E-state index contributed by atoms with van der Waals surface area (Å²) < 4.78 is 0. The van der Waals surface area contributed by atoms with Gasteiger partial charge in [0.1, 0.15) is 54.0 Å². The fourth-order valence-electron chi connectivity index (χ4n) is 16.5. The smallest absolute Gasteiger partial charge is 0.303 e. The number of nitrogens with one attached hydrogen (secondary N) is 7. The molecule has 0 saturated carbocycles. The van der Waals surface area contributed by atoms with Crippen molar-refractivity contribution in [2.45, 2.75) is 207 Å². The predicted molar refractivity (Wildman–Crippen MR) is 486 cm³/mol. The molecular weight excluding hydrogens is 1690 g/mol. The number of fused-ring (bicyclic) bond motifs is 2. The van der Waals surface area contributed by atoms with Gasteiger partial charge in [-0.25, -0.2) is 29.9 Å². The molecule has 4 aromatic carbocycles. The van der Waals surface area contributed by atoms with Crippen molar-refractivity contribution in [1.29, 1.82) is 0 Å². The lowest BCUT2D eigenvalue weighted by molar-refractivity contribution is -0.144. The van der Waals surface area contributed by atoms with Gasteiger partial charge >= 0.3 is 5.97 Å². The number of aryl methyl sites for hydroxylation is 2. The van der Waals surface area contributed by atoms with Crippen LogP contribution in [0.2, 0.25) is 0 Å². The summed E-state index contributed by atoms with van der Waals surface area (Å²) in [5, 5.41) is 71.2. The van der Waals surface area contributed by atoms with Gasteiger partial charge in [0.05, 0.1) is 69.0 Å². The Kier molecular flexibility index (Phi) is 33.6. The number of aliphatic carboxylic acids is 1. The Hall–Kier alpha value is -11.3. The van der Waals surface area contributed by atoms with Crippen molar-refractivity contribution in [2.75, 3.05) is 77.3 Å². The summed E-state index contributed by atoms with van der Waals surface area (Å²) in [7, 11) is 0. The molecule has 4 saturated heterocycles. The van der Waals surface area contributed by atoms with Gasteiger partial charge in [0, 0.05) is 148 Å². The van der Waals surface area contributed by atoms with Crippen LogP contribution in [0.3, 0.4) is 0 Å². The second-order valence-corrected chi connectivity index (χ2v) is 38.0. The number of carboxylic acids is 1. The Bertz CT molecular complexity index is 5230. The zero-order valence-electron chi connectivity index (χ0n) is 74.4. The van der Waals surface area contributed by atoms with Crippen molar-refractivity contribution < 1.29 is 73.5 Å². The van der Waals surface area contributed by atoms with Crippen molar-refractivity contribution in [1.82, 2.24) is 86.3 Å². The van der Waals surface area contributed by atoms with E-state index in [-0.39, 0.29) is 101 Å². The molecule has 688 valence electrons. The molecule has 35 heteroatoms. The van der Waals surface area contributed by atoms with Crippen LogP contribution in [0.1, 0.15) is 164 Å². The van der Waals surface area contributed by atoms with Crippen molar-refractivity contribution in [2.24, 2.45) is 16.7 Å². The number of aromatic nitrogens is 6. The molecule has 129 heavy (non-hydrogen) atoms. The number of benzene rings is 4. The number of carboxylic acid groups (broad SMARTS) is 1. The highest BCUT2D eigenvalue weighted by Gasteiger charge is 2.47. The Morgan fingerprint density at radius 2 is 1.02 bits per heavy atom. The number of rotatable bonds is 33. The van der Waals surface area contributed by atoms with E-state index >= 15 is 0 Å². The van der Waals surface area contributed by atoms with E-state index in [0.717, 1.165) is 95.5 Å². The van der Waals surface area contributed by atoms with Gasteiger partial charge in [-0.2, -0.15) is 0 Å². The minimum absolute atomic E-state index is 0.0304. The summed E-state index contributed by atoms with van der Waals surface area (Å²) >= 11 is 3.13. The summed E-state index contributed by atoms with van der Waals surface area (Å²) in [6, 6.07) is 32.3. The van der Waals surface area contributed by atoms with Crippen LogP contribution in [0, 0.1) is 30.6 Å². The molecule has 4 aromatic heterocycles. The predicted octanol–water partition coefficient (Wildman–Crippen LogP) is 5.98. The number of thiazole rings is 2. The second-order valence-electron chi connectivity index (χ2n) is 36.3. The number of hydrogen-bond donors (Lipinski definition) is 12. The number of amides is 8. The highest BCUT2D eigenvalue weighted by molar-refractivity contribution is 7.13. The number of Topliss-reactive ketones (excluding diaryl/α,β-unsaturated/α-hetero) is 1. The molecule has 8 aromatic rings. The third-order valence-electron chi connectivity index (χ3n) is 24.0. The van der Waals surface area contributed by atoms with E-state index in [2.05, 4.69) is 113 Å². The standard InChI is InChI=1S/C47H59N9O7S.C26H34N4O6S.C21H27N5O2/c1-29-42(64-28-52-29)33-11-9-30(10-12-33)20-48-45(62)39-19-36(57)26-56(39)46(63)43(47(2,3)4)53-40(59)13-14-41(60)55-22-31(23-55)17-35-18-38(51-27-50-35)44(61)49-21-37(58)25-54-16-15-32-7-5-6-8-34(32)24-54;1-15-22(37-14-28-15)17-7-5-16(6-8-17)12-27-24(35)19-11-18(31)13-30(19)25(36)23(26(2,3)4)29-20(32)9-10-21(33)34;27-18(13-26-8-7-15-3-1-2-4-16(15)12-26)5-6-20(28)19-9-21(24-14-23-19)25-17-10-22-11-17/h5-12,18,27-28,31,36-37,39,43,57-58H,13-17,19-26H2,1-4H3,(H,48,62)(H,49,61)(H,53,59);5-8,14,18-19,23,31H,9-13H2,1-4H3,(H,27,35)(H,29,32)(H,33,34);1-4,9,14,17-18,22,27H,5-8,10-13H2,(H,23,24,25)/t36-,37+,39+,43-;18-,19+,23-;18-/m110/s1. The maximum Gasteiger partial charge on any atom is 0.303 e. The quantitative estimate of drug-likeness (QED) is 0.0210. The zero-order valence-corrected chi connectivity index (χ0v) is 76.0. The molecule has 4 fully saturated rings. The van der Waals surface area contributed by atoms with Gasteiger partial charge in [-0.15, -0.1) is 22.7 Å². The van der Waals surface area contributed by atoms with Crippen molar-refractivity contribution in [3.8, 4) is 20.9 Å². The third kappa shape index (κ3) is 27.4. The molecule has 0 spiro atoms. The topological polar surface area (TPSA) is 450 Å². The van der Waals surface area contributed by atoms with Crippen LogP contribution >= 0.6 is 22.7 Å². The first-order valence-corrected chi connectivity index (χ1v) is 45.9. The van der Waals surface area contributed by atoms with Crippen LogP contribution in [0.15, 0.2) is 133 Å². The SMILES string of the molecule is Cc1ncsc1-c1ccc(CNC(=O)[C@@H]2C[C@@H](O)CN2C(=O)[C@@H](NC(=O)CCC(=O)N2CC(Cc3cc(C(=O)NC[C@H](O)CN4CCc5ccccc5C4)ncn3)C2)C(C)(C)C)cc1.Cc1ncsc1-c1ccc(CNC(=O)[C@@H]2C[C@@H](O)CN2C(=O)[C@@H](NC(=O)CCC(=O)O)C(C)(C)C)cc1.O=C(CC[C@H](O)CN1CCc2ccccc2C1)c1cc(NC2CNC2)ncn1. The summed E-state index contributed by atoms with van der Waals surface area (Å²) in [6.45, 7) is 22.4. The van der Waals surface area contributed by atoms with E-state index in [4.69, 9.17) is 5.11 Å². The molecule has 10 heterocycles. The fraction of sp³-hybridized carbons (Fsp3) is 0.489. The molecule has 0 aliphatic carbocycles. The minimum Gasteiger partial charge on any atom is -0.481 e. The lowest BCUT2D eigenvalue weighted by Crippen LogP contribution is -2.57. The lowest BCUT2D eigenvalue weighted by Gasteiger charge is -2.39. The molecule has 8 amide bonds. The molecule has 0 bridgehead atoms. The van der Waals surface area contributed by atoms with Gasteiger partial charge in [-0.1, -0.05) is 139 Å². The van der Waals surface area contributed by atoms with Gasteiger partial charge in [0.15, 0.2) is 5.78 Å². The Labute approximate surface area is 759 Å². The first kappa shape index (κ1) is 96.8. The number of aliphatic hydroxyl groups excluding tert-OH is 4. The number of carbonyl (C=O) groups excluding carboxylic acids is 9. The van der Waals surface area contributed by atoms with Crippen LogP contribution < -0.4 is 37.2 Å². The second kappa shape index (κ2) is 44.8. The number of anilines is 1. The number of ketones is 1. The van der Waals surface area contributed by atoms with Crippen LogP contribution in [-0.2, 0) is 83.8 Å². The first-order chi connectivity index (χ1) is 61.6. The summed E-state index contributed by atoms with van der Waals surface area (Å²) in [6.07, 6.45) is 2.32. The van der Waals surface area contributed by atoms with Crippen LogP contribution in [0.5, 0.6) is 0 Å². The molecule has 6 aliphatic rings. The number of carbonyl (C=O) groups is 10. The zero-order chi connectivity index (χ0) is 92.2. The number of hydrogen-bond acceptors (Lipinski definition) is 26. The Morgan fingerprint density at radius 3 is 1.50 bits per heavy atom.